The predicted molar refractivity (Wildman–Crippen MR) is 224 cm³/mol. The summed E-state index contributed by atoms with van der Waals surface area (Å²) in [6.07, 6.45) is -10.6. The first-order valence-corrected chi connectivity index (χ1v) is 21.2. The van der Waals surface area contributed by atoms with E-state index in [-0.39, 0.29) is 29.7 Å². The Hall–Kier alpha value is -5.20. The SMILES string of the molecule is COCC(=O)O[C@H]1C(=O)[C@]2(C)[C@@H](OC)C[C@H]3OC[C@@]3(OC(C)=O)[C@H]2[C@H](OC(=O)c2ccccc2)[C@]2(O)C[C@H](OC(=O)[C@H](O)[C@@H](NC(=O)OC(C)(C)C)c3ccccc3)C(C)=C1C2(C)C. The van der Waals surface area contributed by atoms with Gasteiger partial charge in [0, 0.05) is 39.4 Å². The molecular weight excluding hydrogens is 835 g/mol. The van der Waals surface area contributed by atoms with Crippen molar-refractivity contribution in [3.05, 3.63) is 82.9 Å². The Morgan fingerprint density at radius 3 is 2.11 bits per heavy atom. The summed E-state index contributed by atoms with van der Waals surface area (Å²) in [4.78, 5) is 84.3. The maximum absolute atomic E-state index is 15.9. The van der Waals surface area contributed by atoms with Crippen LogP contribution in [-0.4, -0.2) is 127 Å². The van der Waals surface area contributed by atoms with Gasteiger partial charge in [0.2, 0.25) is 0 Å². The number of aliphatic hydroxyl groups excluding tert-OH is 1. The number of carbonyl (C=O) groups excluding carboxylic acids is 6. The molecular formula is C47H59NO16. The van der Waals surface area contributed by atoms with Crippen LogP contribution in [-0.2, 0) is 57.1 Å². The maximum Gasteiger partial charge on any atom is 0.408 e. The summed E-state index contributed by atoms with van der Waals surface area (Å²) in [5, 5.41) is 28.2. The lowest BCUT2D eigenvalue weighted by molar-refractivity contribution is -0.347. The monoisotopic (exact) mass is 893 g/mol. The van der Waals surface area contributed by atoms with E-state index in [2.05, 4.69) is 5.32 Å². The van der Waals surface area contributed by atoms with Gasteiger partial charge in [-0.15, -0.1) is 0 Å². The summed E-state index contributed by atoms with van der Waals surface area (Å²) >= 11 is 0. The Balaban J connectivity index is 1.57. The number of benzene rings is 2. The van der Waals surface area contributed by atoms with E-state index in [1.165, 1.54) is 47.1 Å². The molecule has 4 aliphatic rings. The fourth-order valence-electron chi connectivity index (χ4n) is 10.2. The topological polar surface area (TPSA) is 229 Å². The van der Waals surface area contributed by atoms with Gasteiger partial charge in [0.1, 0.15) is 36.1 Å². The van der Waals surface area contributed by atoms with Crippen molar-refractivity contribution in [2.45, 2.75) is 128 Å². The summed E-state index contributed by atoms with van der Waals surface area (Å²) in [5.41, 5.74) is -7.98. The van der Waals surface area contributed by atoms with Gasteiger partial charge in [-0.3, -0.25) is 9.59 Å². The third-order valence-electron chi connectivity index (χ3n) is 13.3. The lowest BCUT2D eigenvalue weighted by Gasteiger charge is -2.67. The first-order valence-electron chi connectivity index (χ1n) is 21.2. The van der Waals surface area contributed by atoms with Crippen LogP contribution in [0.5, 0.6) is 0 Å². The molecule has 2 aromatic carbocycles. The first-order chi connectivity index (χ1) is 30.0. The molecule has 1 heterocycles. The van der Waals surface area contributed by atoms with Crippen LogP contribution in [0.15, 0.2) is 71.8 Å². The van der Waals surface area contributed by atoms with E-state index >= 15 is 4.79 Å². The quantitative estimate of drug-likeness (QED) is 0.155. The highest BCUT2D eigenvalue weighted by molar-refractivity contribution is 5.96. The van der Waals surface area contributed by atoms with Crippen LogP contribution in [0.25, 0.3) is 0 Å². The Labute approximate surface area is 372 Å². The van der Waals surface area contributed by atoms with Crippen molar-refractivity contribution in [3.63, 3.8) is 0 Å². The normalized spacial score (nSPS) is 31.5. The van der Waals surface area contributed by atoms with Gasteiger partial charge >= 0.3 is 30.0 Å². The van der Waals surface area contributed by atoms with Crippen molar-refractivity contribution in [2.24, 2.45) is 16.7 Å². The number of nitrogens with one attached hydrogen (secondary N) is 1. The second-order valence-corrected chi connectivity index (χ2v) is 18.7. The summed E-state index contributed by atoms with van der Waals surface area (Å²) < 4.78 is 47.4. The van der Waals surface area contributed by atoms with Crippen LogP contribution in [0.3, 0.4) is 0 Å². The number of hydrogen-bond acceptors (Lipinski definition) is 16. The van der Waals surface area contributed by atoms with E-state index in [1.54, 1.807) is 83.1 Å². The lowest BCUT2D eigenvalue weighted by Crippen LogP contribution is -2.82. The number of methoxy groups -OCH3 is 2. The van der Waals surface area contributed by atoms with Crippen LogP contribution in [0.4, 0.5) is 4.79 Å². The van der Waals surface area contributed by atoms with Gasteiger partial charge in [0.25, 0.3) is 0 Å². The molecule has 0 aromatic heterocycles. The zero-order valence-corrected chi connectivity index (χ0v) is 37.8. The van der Waals surface area contributed by atoms with Crippen molar-refractivity contribution in [1.82, 2.24) is 5.32 Å². The van der Waals surface area contributed by atoms with E-state index < -0.39 is 125 Å². The van der Waals surface area contributed by atoms with Crippen LogP contribution in [0.2, 0.25) is 0 Å². The van der Waals surface area contributed by atoms with Crippen LogP contribution in [0, 0.1) is 16.7 Å². The number of rotatable bonds is 12. The van der Waals surface area contributed by atoms with E-state index in [1.807, 2.05) is 0 Å². The van der Waals surface area contributed by atoms with Gasteiger partial charge in [-0.2, -0.15) is 0 Å². The Kier molecular flexibility index (Phi) is 13.6. The van der Waals surface area contributed by atoms with Gasteiger partial charge in [-0.1, -0.05) is 62.4 Å². The molecule has 64 heavy (non-hydrogen) atoms. The predicted octanol–water partition coefficient (Wildman–Crippen LogP) is 4.11. The maximum atomic E-state index is 15.9. The van der Waals surface area contributed by atoms with Crippen LogP contribution in [0.1, 0.15) is 90.2 Å². The number of carbonyl (C=O) groups is 6. The summed E-state index contributed by atoms with van der Waals surface area (Å²) in [6.45, 7) is 11.5. The van der Waals surface area contributed by atoms with Gasteiger partial charge in [-0.25, -0.2) is 19.2 Å². The number of ketones is 1. The molecule has 3 N–H and O–H groups in total. The van der Waals surface area contributed by atoms with Gasteiger partial charge in [-0.05, 0) is 63.5 Å². The molecule has 1 aliphatic heterocycles. The number of alkyl carbamates (subject to hydrolysis) is 1. The largest absolute Gasteiger partial charge is 0.456 e. The van der Waals surface area contributed by atoms with Gasteiger partial charge in [0.15, 0.2) is 23.6 Å². The van der Waals surface area contributed by atoms with Crippen LogP contribution < -0.4 is 5.32 Å². The number of hydrogen-bond donors (Lipinski definition) is 3. The molecule has 0 radical (unpaired) electrons. The molecule has 348 valence electrons. The molecule has 3 aliphatic carbocycles. The summed E-state index contributed by atoms with van der Waals surface area (Å²) in [7, 11) is 2.64. The molecule has 17 heteroatoms. The first kappa shape index (κ1) is 48.3. The number of esters is 4. The van der Waals surface area contributed by atoms with Crippen molar-refractivity contribution in [1.29, 1.82) is 0 Å². The Morgan fingerprint density at radius 1 is 0.938 bits per heavy atom. The summed E-state index contributed by atoms with van der Waals surface area (Å²) in [5.74, 6) is -6.08. The van der Waals surface area contributed by atoms with Crippen molar-refractivity contribution < 1.29 is 76.9 Å². The zero-order valence-electron chi connectivity index (χ0n) is 37.8. The minimum atomic E-state index is -2.38. The number of fused-ring (bicyclic) bond motifs is 5. The second-order valence-electron chi connectivity index (χ2n) is 18.7. The summed E-state index contributed by atoms with van der Waals surface area (Å²) in [6, 6.07) is 14.7. The Morgan fingerprint density at radius 2 is 1.56 bits per heavy atom. The van der Waals surface area contributed by atoms with Gasteiger partial charge in [0.05, 0.1) is 35.6 Å². The number of amides is 1. The molecule has 2 bridgehead atoms. The molecule has 0 spiro atoms. The zero-order chi connectivity index (χ0) is 47.2. The number of aliphatic hydroxyl groups is 2. The molecule has 3 fully saturated rings. The average Bonchev–Trinajstić information content (AvgIpc) is 3.22. The highest BCUT2D eigenvalue weighted by Crippen LogP contribution is 2.65. The fraction of sp³-hybridized carbons (Fsp3) is 0.574. The van der Waals surface area contributed by atoms with E-state index in [4.69, 9.17) is 37.9 Å². The number of Topliss-reactive ketones (excluding diaryl/α,β-unsaturated/α-hetero) is 1. The van der Waals surface area contributed by atoms with Gasteiger partial charge < -0.3 is 53.4 Å². The minimum Gasteiger partial charge on any atom is -0.456 e. The molecule has 17 nitrogen and oxygen atoms in total. The molecule has 1 amide bonds. The second kappa shape index (κ2) is 18.0. The molecule has 2 saturated carbocycles. The van der Waals surface area contributed by atoms with Crippen molar-refractivity contribution in [3.8, 4) is 0 Å². The van der Waals surface area contributed by atoms with Crippen molar-refractivity contribution >= 4 is 35.8 Å². The Bertz CT molecular complexity index is 2150. The molecule has 11 atom stereocenters. The fourth-order valence-corrected chi connectivity index (χ4v) is 10.2. The highest BCUT2D eigenvalue weighted by atomic mass is 16.6. The third kappa shape index (κ3) is 8.55. The van der Waals surface area contributed by atoms with Crippen LogP contribution >= 0.6 is 0 Å². The van der Waals surface area contributed by atoms with E-state index in [0.29, 0.717) is 5.56 Å². The van der Waals surface area contributed by atoms with E-state index in [9.17, 15) is 34.2 Å². The smallest absolute Gasteiger partial charge is 0.408 e. The average molecular weight is 894 g/mol. The van der Waals surface area contributed by atoms with E-state index in [0.717, 1.165) is 0 Å². The number of ether oxygens (including phenoxy) is 8. The molecule has 0 unspecified atom stereocenters. The lowest BCUT2D eigenvalue weighted by atomic mass is 9.44. The third-order valence-corrected chi connectivity index (χ3v) is 13.3. The van der Waals surface area contributed by atoms with Crippen molar-refractivity contribution in [2.75, 3.05) is 27.4 Å². The molecule has 6 rings (SSSR count). The minimum absolute atomic E-state index is 0.0123. The highest BCUT2D eigenvalue weighted by Gasteiger charge is 2.78. The standard InChI is InChI=1S/C47H59NO16/c1-25-29(60-41(54)35(51)34(27-17-13-11-14-18-27)48-42(55)64-43(3,4)5)22-47(56)39(62-40(53)28-19-15-12-16-20-28)37-45(8,30(58-10)21-31-46(37,24-59-31)63-26(2)49)38(52)36(33(25)44(47,6)7)61-32(50)23-57-9/h11-20,29-31,34-37,39,51,56H,21-24H2,1-10H3,(H,48,55)/t29-,30-,31+,34-,35+,36+,37-,39-,45+,46-,47+/m0/s1. The molecule has 1 saturated heterocycles. The molecule has 2 aromatic rings.